The fourth-order valence-corrected chi connectivity index (χ4v) is 3.89. The highest BCUT2D eigenvalue weighted by molar-refractivity contribution is 6.33. The molecule has 2 aromatic carbocycles. The standard InChI is InChI=1S/C25H17ClF4N6O2/c26-16-9-31-6-5-19(16)33-24-21(37)10-32-25(34-24)23-14-3-1-2-4-20(14)36(35-23)11-15-17(27)7-13(8-18(15)28)38-12-22(29)30/h1-10,22,37H,11-12H2,(H,31,32,33,34). The number of hydrogen-bond acceptors (Lipinski definition) is 7. The lowest BCUT2D eigenvalue weighted by Crippen LogP contribution is -2.10. The van der Waals surface area contributed by atoms with Gasteiger partial charge in [-0.25, -0.2) is 27.5 Å². The second kappa shape index (κ2) is 10.5. The molecular weight excluding hydrogens is 528 g/mol. The molecule has 2 N–H and O–H groups in total. The summed E-state index contributed by atoms with van der Waals surface area (Å²) >= 11 is 6.14. The third-order valence-corrected chi connectivity index (χ3v) is 5.76. The van der Waals surface area contributed by atoms with Gasteiger partial charge in [-0.3, -0.25) is 9.67 Å². The SMILES string of the molecule is Oc1cnc(-c2nn(Cc3c(F)cc(OCC(F)F)cc3F)c3ccccc23)nc1Nc1ccncc1Cl. The molecule has 0 unspecified atom stereocenters. The summed E-state index contributed by atoms with van der Waals surface area (Å²) in [7, 11) is 0. The first kappa shape index (κ1) is 25.2. The van der Waals surface area contributed by atoms with E-state index in [1.807, 2.05) is 0 Å². The Kier molecular flexibility index (Phi) is 6.97. The monoisotopic (exact) mass is 544 g/mol. The lowest BCUT2D eigenvalue weighted by molar-refractivity contribution is 0.0815. The third-order valence-electron chi connectivity index (χ3n) is 5.46. The number of pyridine rings is 1. The molecule has 0 aliphatic heterocycles. The van der Waals surface area contributed by atoms with Gasteiger partial charge < -0.3 is 15.2 Å². The summed E-state index contributed by atoms with van der Waals surface area (Å²) in [6, 6.07) is 10.2. The molecule has 0 amide bonds. The van der Waals surface area contributed by atoms with Crippen LogP contribution in [0.3, 0.4) is 0 Å². The largest absolute Gasteiger partial charge is 0.503 e. The lowest BCUT2D eigenvalue weighted by atomic mass is 10.1. The minimum atomic E-state index is -2.78. The minimum absolute atomic E-state index is 0.0539. The molecule has 8 nitrogen and oxygen atoms in total. The number of aromatic hydroxyl groups is 1. The number of rotatable bonds is 8. The number of nitrogens with one attached hydrogen (secondary N) is 1. The summed E-state index contributed by atoms with van der Waals surface area (Å²) in [6.45, 7) is -1.30. The van der Waals surface area contributed by atoms with Crippen LogP contribution in [0.5, 0.6) is 11.5 Å². The Balaban J connectivity index is 1.51. The highest BCUT2D eigenvalue weighted by Gasteiger charge is 2.20. The summed E-state index contributed by atoms with van der Waals surface area (Å²) < 4.78 is 60.4. The van der Waals surface area contributed by atoms with Crippen molar-refractivity contribution in [2.24, 2.45) is 0 Å². The van der Waals surface area contributed by atoms with Gasteiger partial charge in [0.15, 0.2) is 17.4 Å². The Morgan fingerprint density at radius 3 is 2.58 bits per heavy atom. The van der Waals surface area contributed by atoms with Crippen LogP contribution in [-0.4, -0.2) is 42.9 Å². The van der Waals surface area contributed by atoms with Crippen LogP contribution in [0.4, 0.5) is 29.1 Å². The fraction of sp³-hybridized carbons (Fsp3) is 0.120. The van der Waals surface area contributed by atoms with E-state index in [4.69, 9.17) is 16.3 Å². The number of nitrogens with zero attached hydrogens (tertiary/aromatic N) is 5. The van der Waals surface area contributed by atoms with E-state index in [-0.39, 0.29) is 35.2 Å². The predicted octanol–water partition coefficient (Wildman–Crippen LogP) is 5.96. The first-order valence-electron chi connectivity index (χ1n) is 11.1. The zero-order valence-electron chi connectivity index (χ0n) is 19.2. The molecule has 3 aromatic heterocycles. The van der Waals surface area contributed by atoms with Crippen molar-refractivity contribution in [1.29, 1.82) is 0 Å². The van der Waals surface area contributed by atoms with E-state index in [0.717, 1.165) is 12.1 Å². The fourth-order valence-electron chi connectivity index (χ4n) is 3.72. The van der Waals surface area contributed by atoms with E-state index >= 15 is 0 Å². The molecule has 194 valence electrons. The average molecular weight is 545 g/mol. The maximum Gasteiger partial charge on any atom is 0.272 e. The third kappa shape index (κ3) is 5.16. The summed E-state index contributed by atoms with van der Waals surface area (Å²) in [6.07, 6.45) is 1.34. The number of benzene rings is 2. The zero-order chi connectivity index (χ0) is 26.8. The van der Waals surface area contributed by atoms with Crippen molar-refractivity contribution in [2.75, 3.05) is 11.9 Å². The van der Waals surface area contributed by atoms with Gasteiger partial charge in [-0.05, 0) is 12.1 Å². The summed E-state index contributed by atoms with van der Waals surface area (Å²) in [5.74, 6) is -2.36. The number of hydrogen-bond donors (Lipinski definition) is 2. The quantitative estimate of drug-likeness (QED) is 0.233. The summed E-state index contributed by atoms with van der Waals surface area (Å²) in [4.78, 5) is 12.5. The maximum atomic E-state index is 14.8. The Bertz CT molecular complexity index is 1610. The van der Waals surface area contributed by atoms with E-state index in [0.29, 0.717) is 27.3 Å². The van der Waals surface area contributed by atoms with Crippen molar-refractivity contribution in [1.82, 2.24) is 24.7 Å². The van der Waals surface area contributed by atoms with Crippen LogP contribution in [0.15, 0.2) is 61.1 Å². The lowest BCUT2D eigenvalue weighted by Gasteiger charge is -2.10. The Labute approximate surface area is 217 Å². The van der Waals surface area contributed by atoms with Crippen LogP contribution in [0.1, 0.15) is 5.56 Å². The van der Waals surface area contributed by atoms with Gasteiger partial charge in [0.25, 0.3) is 6.43 Å². The molecular formula is C25H17ClF4N6O2. The molecule has 0 radical (unpaired) electrons. The van der Waals surface area contributed by atoms with Gasteiger partial charge in [-0.2, -0.15) is 5.10 Å². The predicted molar refractivity (Wildman–Crippen MR) is 132 cm³/mol. The molecule has 5 rings (SSSR count). The Morgan fingerprint density at radius 2 is 1.84 bits per heavy atom. The first-order valence-corrected chi connectivity index (χ1v) is 11.4. The number of alkyl halides is 2. The van der Waals surface area contributed by atoms with Crippen molar-refractivity contribution in [3.8, 4) is 23.0 Å². The van der Waals surface area contributed by atoms with Gasteiger partial charge >= 0.3 is 0 Å². The number of halogens is 5. The van der Waals surface area contributed by atoms with E-state index in [9.17, 15) is 22.7 Å². The van der Waals surface area contributed by atoms with Crippen molar-refractivity contribution in [3.05, 3.63) is 83.3 Å². The van der Waals surface area contributed by atoms with Crippen LogP contribution in [0.2, 0.25) is 5.02 Å². The molecule has 0 aliphatic rings. The number of para-hydroxylation sites is 1. The summed E-state index contributed by atoms with van der Waals surface area (Å²) in [5.41, 5.74) is 0.935. The Hall–Kier alpha value is -4.45. The van der Waals surface area contributed by atoms with Crippen LogP contribution < -0.4 is 10.1 Å². The van der Waals surface area contributed by atoms with E-state index in [1.165, 1.54) is 23.3 Å². The molecule has 0 saturated heterocycles. The second-order valence-corrected chi connectivity index (χ2v) is 8.41. The van der Waals surface area contributed by atoms with Crippen LogP contribution in [0.25, 0.3) is 22.4 Å². The second-order valence-electron chi connectivity index (χ2n) is 8.00. The molecule has 0 bridgehead atoms. The molecule has 0 spiro atoms. The van der Waals surface area contributed by atoms with Crippen molar-refractivity contribution in [3.63, 3.8) is 0 Å². The highest BCUT2D eigenvalue weighted by atomic mass is 35.5. The maximum absolute atomic E-state index is 14.8. The first-order chi connectivity index (χ1) is 18.3. The minimum Gasteiger partial charge on any atom is -0.503 e. The Morgan fingerprint density at radius 1 is 1.08 bits per heavy atom. The van der Waals surface area contributed by atoms with E-state index < -0.39 is 24.7 Å². The number of anilines is 2. The molecule has 0 fully saturated rings. The molecule has 13 heteroatoms. The van der Waals surface area contributed by atoms with Crippen molar-refractivity contribution < 1.29 is 27.4 Å². The average Bonchev–Trinajstić information content (AvgIpc) is 3.26. The molecule has 0 aliphatic carbocycles. The molecule has 0 atom stereocenters. The van der Waals surface area contributed by atoms with Gasteiger partial charge in [0.1, 0.15) is 29.7 Å². The van der Waals surface area contributed by atoms with Crippen LogP contribution in [-0.2, 0) is 6.54 Å². The van der Waals surface area contributed by atoms with Crippen LogP contribution in [0, 0.1) is 11.6 Å². The number of ether oxygens (including phenoxy) is 1. The summed E-state index contributed by atoms with van der Waals surface area (Å²) in [5, 5.41) is 18.6. The zero-order valence-corrected chi connectivity index (χ0v) is 20.0. The normalized spacial score (nSPS) is 11.3. The van der Waals surface area contributed by atoms with Gasteiger partial charge in [0.2, 0.25) is 0 Å². The molecule has 5 aromatic rings. The van der Waals surface area contributed by atoms with E-state index in [1.54, 1.807) is 30.3 Å². The molecule has 3 heterocycles. The number of aromatic nitrogens is 5. The van der Waals surface area contributed by atoms with Gasteiger partial charge in [0, 0.05) is 35.5 Å². The highest BCUT2D eigenvalue weighted by Crippen LogP contribution is 2.32. The number of fused-ring (bicyclic) bond motifs is 1. The van der Waals surface area contributed by atoms with Gasteiger partial charge in [-0.1, -0.05) is 29.8 Å². The van der Waals surface area contributed by atoms with Crippen molar-refractivity contribution >= 4 is 34.0 Å². The van der Waals surface area contributed by atoms with E-state index in [2.05, 4.69) is 25.4 Å². The van der Waals surface area contributed by atoms with Gasteiger partial charge in [-0.15, -0.1) is 0 Å². The smallest absolute Gasteiger partial charge is 0.272 e. The van der Waals surface area contributed by atoms with Crippen LogP contribution >= 0.6 is 11.6 Å². The van der Waals surface area contributed by atoms with Gasteiger partial charge in [0.05, 0.1) is 29.0 Å². The molecule has 0 saturated carbocycles. The molecule has 38 heavy (non-hydrogen) atoms. The van der Waals surface area contributed by atoms with Crippen molar-refractivity contribution in [2.45, 2.75) is 13.0 Å². The topological polar surface area (TPSA) is 98.0 Å².